The molecular formula is C16H26Cl3N3O5. The number of amides is 2. The van der Waals surface area contributed by atoms with Crippen molar-refractivity contribution in [2.24, 2.45) is 5.92 Å². The topological polar surface area (TPSA) is 97.0 Å². The molecular weight excluding hydrogens is 421 g/mol. The second-order valence-corrected chi connectivity index (χ2v) is 9.18. The summed E-state index contributed by atoms with van der Waals surface area (Å²) in [6.45, 7) is 5.27. The maximum absolute atomic E-state index is 12.6. The number of halogens is 3. The lowest BCUT2D eigenvalue weighted by Crippen LogP contribution is -2.60. The van der Waals surface area contributed by atoms with Crippen LogP contribution in [-0.2, 0) is 23.9 Å². The Morgan fingerprint density at radius 3 is 2.41 bits per heavy atom. The largest absolute Gasteiger partial charge is 0.460 e. The van der Waals surface area contributed by atoms with Crippen molar-refractivity contribution in [3.63, 3.8) is 0 Å². The van der Waals surface area contributed by atoms with Crippen LogP contribution in [0.1, 0.15) is 33.6 Å². The first-order valence-corrected chi connectivity index (χ1v) is 9.73. The molecule has 0 spiro atoms. The van der Waals surface area contributed by atoms with E-state index in [2.05, 4.69) is 10.7 Å². The van der Waals surface area contributed by atoms with E-state index >= 15 is 0 Å². The number of hydrogen-bond acceptors (Lipinski definition) is 6. The second-order valence-electron chi connectivity index (χ2n) is 6.67. The summed E-state index contributed by atoms with van der Waals surface area (Å²) in [6, 6.07) is -1.53. The first kappa shape index (κ1) is 24.2. The standard InChI is InChI=1S/C16H26Cl3N3O5/c1-9(2)12(26-4)13(23)20-10(3)14(24)22-7-5-6-11(21-22)15(25)27-8-16(17,18)19/h9-12,21H,5-8H2,1-4H3,(H,20,23)/t10-,11-,12-/m0/s1. The second kappa shape index (κ2) is 10.7. The molecule has 27 heavy (non-hydrogen) atoms. The highest BCUT2D eigenvalue weighted by Crippen LogP contribution is 2.26. The summed E-state index contributed by atoms with van der Waals surface area (Å²) in [4.78, 5) is 36.9. The summed E-state index contributed by atoms with van der Waals surface area (Å²) in [5.41, 5.74) is 2.81. The Morgan fingerprint density at radius 1 is 1.26 bits per heavy atom. The fraction of sp³-hybridized carbons (Fsp3) is 0.812. The Hall–Kier alpha value is -0.800. The van der Waals surface area contributed by atoms with Crippen LogP contribution in [-0.4, -0.2) is 65.0 Å². The van der Waals surface area contributed by atoms with Crippen LogP contribution in [0.4, 0.5) is 0 Å². The average molecular weight is 447 g/mol. The fourth-order valence-corrected chi connectivity index (χ4v) is 2.81. The summed E-state index contributed by atoms with van der Waals surface area (Å²) in [6.07, 6.45) is 0.404. The van der Waals surface area contributed by atoms with Crippen LogP contribution in [0, 0.1) is 5.92 Å². The van der Waals surface area contributed by atoms with Gasteiger partial charge < -0.3 is 14.8 Å². The zero-order valence-corrected chi connectivity index (χ0v) is 18.0. The summed E-state index contributed by atoms with van der Waals surface area (Å²) < 4.78 is 8.40. The number of methoxy groups -OCH3 is 1. The van der Waals surface area contributed by atoms with E-state index in [1.54, 1.807) is 6.92 Å². The van der Waals surface area contributed by atoms with E-state index < -0.39 is 27.9 Å². The lowest BCUT2D eigenvalue weighted by atomic mass is 10.1. The van der Waals surface area contributed by atoms with Gasteiger partial charge in [-0.25, -0.2) is 5.43 Å². The molecule has 2 N–H and O–H groups in total. The molecule has 0 aromatic carbocycles. The summed E-state index contributed by atoms with van der Waals surface area (Å²) in [5, 5.41) is 3.93. The van der Waals surface area contributed by atoms with Gasteiger partial charge in [-0.3, -0.25) is 19.4 Å². The molecule has 1 heterocycles. The van der Waals surface area contributed by atoms with Gasteiger partial charge in [-0.2, -0.15) is 0 Å². The zero-order valence-electron chi connectivity index (χ0n) is 15.8. The van der Waals surface area contributed by atoms with Crippen molar-refractivity contribution in [3.8, 4) is 0 Å². The summed E-state index contributed by atoms with van der Waals surface area (Å²) in [5.74, 6) is -1.40. The van der Waals surface area contributed by atoms with Gasteiger partial charge in [-0.15, -0.1) is 0 Å². The minimum atomic E-state index is -1.70. The Labute approximate surface area is 174 Å². The monoisotopic (exact) mass is 445 g/mol. The number of ether oxygens (including phenoxy) is 2. The molecule has 0 aromatic heterocycles. The van der Waals surface area contributed by atoms with Crippen molar-refractivity contribution < 1.29 is 23.9 Å². The highest BCUT2D eigenvalue weighted by Gasteiger charge is 2.33. The molecule has 0 saturated carbocycles. The zero-order chi connectivity index (χ0) is 20.8. The number of carbonyl (C=O) groups is 3. The predicted molar refractivity (Wildman–Crippen MR) is 102 cm³/mol. The SMILES string of the molecule is CO[C@H](C(=O)N[C@@H](C)C(=O)N1CCC[C@@H](C(=O)OCC(Cl)(Cl)Cl)N1)C(C)C. The van der Waals surface area contributed by atoms with E-state index in [0.717, 1.165) is 0 Å². The Morgan fingerprint density at radius 2 is 1.89 bits per heavy atom. The normalized spacial score (nSPS) is 20.1. The van der Waals surface area contributed by atoms with Crippen LogP contribution in [0.25, 0.3) is 0 Å². The molecule has 8 nitrogen and oxygen atoms in total. The van der Waals surface area contributed by atoms with Crippen molar-refractivity contribution in [2.45, 2.75) is 55.6 Å². The van der Waals surface area contributed by atoms with Gasteiger partial charge in [0.25, 0.3) is 5.91 Å². The molecule has 1 saturated heterocycles. The van der Waals surface area contributed by atoms with Gasteiger partial charge in [0, 0.05) is 13.7 Å². The fourth-order valence-electron chi connectivity index (χ4n) is 2.64. The Bertz CT molecular complexity index is 542. The Kier molecular flexibility index (Phi) is 9.57. The average Bonchev–Trinajstić information content (AvgIpc) is 2.58. The molecule has 0 unspecified atom stereocenters. The lowest BCUT2D eigenvalue weighted by molar-refractivity contribution is -0.153. The minimum absolute atomic E-state index is 0.0394. The smallest absolute Gasteiger partial charge is 0.325 e. The number of alkyl halides is 3. The number of carbonyl (C=O) groups excluding carboxylic acids is 3. The summed E-state index contributed by atoms with van der Waals surface area (Å²) in [7, 11) is 1.44. The maximum Gasteiger partial charge on any atom is 0.325 e. The molecule has 1 rings (SSSR count). The maximum atomic E-state index is 12.6. The first-order valence-electron chi connectivity index (χ1n) is 8.60. The van der Waals surface area contributed by atoms with Gasteiger partial charge >= 0.3 is 5.97 Å². The molecule has 11 heteroatoms. The molecule has 1 aliphatic rings. The molecule has 0 radical (unpaired) electrons. The predicted octanol–water partition coefficient (Wildman–Crippen LogP) is 1.57. The van der Waals surface area contributed by atoms with Crippen molar-refractivity contribution in [1.29, 1.82) is 0 Å². The number of hydrogen-bond donors (Lipinski definition) is 2. The van der Waals surface area contributed by atoms with E-state index in [-0.39, 0.29) is 24.3 Å². The molecule has 3 atom stereocenters. The number of esters is 1. The molecule has 2 amide bonds. The molecule has 0 aromatic rings. The number of hydrazine groups is 1. The van der Waals surface area contributed by atoms with Crippen LogP contribution < -0.4 is 10.7 Å². The van der Waals surface area contributed by atoms with Crippen LogP contribution in [0.3, 0.4) is 0 Å². The third-order valence-electron chi connectivity index (χ3n) is 3.96. The quantitative estimate of drug-likeness (QED) is 0.455. The van der Waals surface area contributed by atoms with Crippen molar-refractivity contribution in [2.75, 3.05) is 20.3 Å². The van der Waals surface area contributed by atoms with Gasteiger partial charge in [0.15, 0.2) is 0 Å². The third kappa shape index (κ3) is 7.99. The van der Waals surface area contributed by atoms with Gasteiger partial charge in [-0.05, 0) is 25.7 Å². The molecule has 0 aliphatic carbocycles. The van der Waals surface area contributed by atoms with Crippen LogP contribution >= 0.6 is 34.8 Å². The summed E-state index contributed by atoms with van der Waals surface area (Å²) >= 11 is 16.7. The number of rotatable bonds is 7. The van der Waals surface area contributed by atoms with Crippen molar-refractivity contribution in [3.05, 3.63) is 0 Å². The van der Waals surface area contributed by atoms with Crippen LogP contribution in [0.15, 0.2) is 0 Å². The first-order chi connectivity index (χ1) is 12.5. The lowest BCUT2D eigenvalue weighted by Gasteiger charge is -2.34. The van der Waals surface area contributed by atoms with Gasteiger partial charge in [0.1, 0.15) is 24.8 Å². The van der Waals surface area contributed by atoms with Gasteiger partial charge in [0.05, 0.1) is 0 Å². The number of nitrogens with one attached hydrogen (secondary N) is 2. The van der Waals surface area contributed by atoms with E-state index in [0.29, 0.717) is 19.4 Å². The van der Waals surface area contributed by atoms with E-state index in [1.165, 1.54) is 12.1 Å². The van der Waals surface area contributed by atoms with Crippen LogP contribution in [0.2, 0.25) is 0 Å². The van der Waals surface area contributed by atoms with Gasteiger partial charge in [0.2, 0.25) is 9.70 Å². The van der Waals surface area contributed by atoms with E-state index in [4.69, 9.17) is 44.3 Å². The van der Waals surface area contributed by atoms with E-state index in [1.807, 2.05) is 13.8 Å². The van der Waals surface area contributed by atoms with Crippen LogP contribution in [0.5, 0.6) is 0 Å². The molecule has 156 valence electrons. The van der Waals surface area contributed by atoms with Crippen molar-refractivity contribution in [1.82, 2.24) is 15.8 Å². The van der Waals surface area contributed by atoms with Crippen molar-refractivity contribution >= 4 is 52.6 Å². The highest BCUT2D eigenvalue weighted by atomic mass is 35.6. The van der Waals surface area contributed by atoms with E-state index in [9.17, 15) is 14.4 Å². The Balaban J connectivity index is 2.61. The molecule has 1 fully saturated rings. The molecule has 1 aliphatic heterocycles. The minimum Gasteiger partial charge on any atom is -0.460 e. The third-order valence-corrected chi connectivity index (χ3v) is 4.29. The highest BCUT2D eigenvalue weighted by molar-refractivity contribution is 6.67. The number of nitrogens with zero attached hydrogens (tertiary/aromatic N) is 1. The molecule has 0 bridgehead atoms. The van der Waals surface area contributed by atoms with Gasteiger partial charge in [-0.1, -0.05) is 48.7 Å².